The molecule has 0 saturated carbocycles. The topological polar surface area (TPSA) is 52.8 Å². The number of carbonyl (C=O) groups excluding carboxylic acids is 1. The smallest absolute Gasteiger partial charge is 0.249 e. The number of aromatic nitrogens is 1. The van der Waals surface area contributed by atoms with Crippen molar-refractivity contribution in [3.63, 3.8) is 0 Å². The zero-order valence-electron chi connectivity index (χ0n) is 16.1. The number of methoxy groups -OCH3 is 1. The molecular weight excluding hydrogens is 392 g/mol. The number of carbonyl (C=O) groups is 1. The predicted molar refractivity (Wildman–Crippen MR) is 115 cm³/mol. The van der Waals surface area contributed by atoms with Crippen molar-refractivity contribution < 1.29 is 14.3 Å². The number of nitrogens with zero attached hydrogens (tertiary/aromatic N) is 2. The Morgan fingerprint density at radius 1 is 1.18 bits per heavy atom. The first kappa shape index (κ1) is 20.6. The lowest BCUT2D eigenvalue weighted by Gasteiger charge is -2.09. The van der Waals surface area contributed by atoms with Crippen LogP contribution >= 0.6 is 23.1 Å². The molecule has 3 aromatic rings. The summed E-state index contributed by atoms with van der Waals surface area (Å²) in [7, 11) is 1.67. The second-order valence-corrected chi connectivity index (χ2v) is 8.16. The highest BCUT2D eigenvalue weighted by Crippen LogP contribution is 2.27. The first-order valence-electron chi connectivity index (χ1n) is 9.22. The van der Waals surface area contributed by atoms with Crippen LogP contribution in [-0.4, -0.2) is 36.6 Å². The van der Waals surface area contributed by atoms with Crippen molar-refractivity contribution in [2.45, 2.75) is 24.8 Å². The van der Waals surface area contributed by atoms with Crippen molar-refractivity contribution in [1.29, 1.82) is 0 Å². The zero-order valence-corrected chi connectivity index (χ0v) is 17.7. The van der Waals surface area contributed by atoms with Gasteiger partial charge in [-0.3, -0.25) is 4.79 Å². The molecule has 0 spiro atoms. The number of rotatable bonds is 9. The van der Waals surface area contributed by atoms with Crippen LogP contribution in [0.3, 0.4) is 0 Å². The number of fused-ring (bicyclic) bond motifs is 1. The summed E-state index contributed by atoms with van der Waals surface area (Å²) in [5.74, 6) is 1.40. The molecule has 1 amide bonds. The molecule has 0 aliphatic carbocycles. The third-order valence-corrected chi connectivity index (χ3v) is 6.09. The van der Waals surface area contributed by atoms with Crippen molar-refractivity contribution in [3.05, 3.63) is 53.3 Å². The number of thioether (sulfide) groups is 1. The fourth-order valence-corrected chi connectivity index (χ4v) is 4.73. The highest BCUT2D eigenvalue weighted by Gasteiger charge is 2.12. The van der Waals surface area contributed by atoms with Gasteiger partial charge in [0, 0.05) is 30.7 Å². The molecule has 1 heterocycles. The van der Waals surface area contributed by atoms with Gasteiger partial charge < -0.3 is 14.0 Å². The Bertz CT molecular complexity index is 980. The van der Waals surface area contributed by atoms with Crippen LogP contribution in [0, 0.1) is 0 Å². The molecule has 7 heteroatoms. The fraction of sp³-hybridized carbons (Fsp3) is 0.333. The largest absolute Gasteiger partial charge is 0.492 e. The number of amides is 1. The van der Waals surface area contributed by atoms with Gasteiger partial charge in [-0.25, -0.2) is 0 Å². The minimum absolute atomic E-state index is 0.112. The van der Waals surface area contributed by atoms with E-state index in [9.17, 15) is 4.79 Å². The van der Waals surface area contributed by atoms with Crippen LogP contribution in [0.5, 0.6) is 5.75 Å². The Hall–Kier alpha value is -2.09. The Kier molecular flexibility index (Phi) is 7.71. The fourth-order valence-electron chi connectivity index (χ4n) is 2.78. The van der Waals surface area contributed by atoms with Crippen LogP contribution in [0.25, 0.3) is 10.2 Å². The molecule has 0 radical (unpaired) electrons. The average Bonchev–Trinajstić information content (AvgIpc) is 3.05. The van der Waals surface area contributed by atoms with Gasteiger partial charge >= 0.3 is 0 Å². The summed E-state index contributed by atoms with van der Waals surface area (Å²) in [4.78, 5) is 18.7. The average molecular weight is 417 g/mol. The van der Waals surface area contributed by atoms with Gasteiger partial charge in [0.25, 0.3) is 0 Å². The molecule has 0 N–H and O–H groups in total. The molecule has 2 aromatic carbocycles. The normalized spacial score (nSPS) is 11.9. The second-order valence-electron chi connectivity index (χ2n) is 5.98. The lowest BCUT2D eigenvalue weighted by molar-refractivity contribution is -0.117. The van der Waals surface area contributed by atoms with E-state index in [-0.39, 0.29) is 5.91 Å². The van der Waals surface area contributed by atoms with E-state index < -0.39 is 0 Å². The molecule has 0 aliphatic rings. The molecule has 3 rings (SSSR count). The Labute approximate surface area is 173 Å². The minimum atomic E-state index is -0.112. The molecule has 0 bridgehead atoms. The SMILES string of the molecule is CCOc1cccc2sc(=NC(=O)CCSc3ccccc3)n(CCOC)c12. The Morgan fingerprint density at radius 3 is 2.75 bits per heavy atom. The molecule has 0 saturated heterocycles. The zero-order chi connectivity index (χ0) is 19.8. The molecule has 1 aromatic heterocycles. The molecular formula is C21H24N2O3S2. The molecule has 5 nitrogen and oxygen atoms in total. The lowest BCUT2D eigenvalue weighted by Crippen LogP contribution is -2.19. The summed E-state index contributed by atoms with van der Waals surface area (Å²) in [6, 6.07) is 16.0. The number of benzene rings is 2. The summed E-state index contributed by atoms with van der Waals surface area (Å²) < 4.78 is 14.1. The number of hydrogen-bond donors (Lipinski definition) is 0. The molecule has 28 heavy (non-hydrogen) atoms. The van der Waals surface area contributed by atoms with Crippen molar-refractivity contribution in [2.75, 3.05) is 26.1 Å². The maximum atomic E-state index is 12.5. The second kappa shape index (κ2) is 10.5. The molecule has 0 aliphatic heterocycles. The summed E-state index contributed by atoms with van der Waals surface area (Å²) in [6.07, 6.45) is 0.399. The third-order valence-electron chi connectivity index (χ3n) is 4.03. The minimum Gasteiger partial charge on any atom is -0.492 e. The van der Waals surface area contributed by atoms with E-state index in [0.717, 1.165) is 20.9 Å². The lowest BCUT2D eigenvalue weighted by atomic mass is 10.3. The summed E-state index contributed by atoms with van der Waals surface area (Å²) >= 11 is 3.17. The van der Waals surface area contributed by atoms with Crippen LogP contribution < -0.4 is 9.54 Å². The van der Waals surface area contributed by atoms with Crippen molar-refractivity contribution >= 4 is 39.2 Å². The van der Waals surface area contributed by atoms with Crippen LogP contribution in [0.2, 0.25) is 0 Å². The molecule has 148 valence electrons. The van der Waals surface area contributed by atoms with E-state index in [4.69, 9.17) is 9.47 Å². The van der Waals surface area contributed by atoms with E-state index in [0.29, 0.717) is 36.7 Å². The summed E-state index contributed by atoms with van der Waals surface area (Å²) in [5, 5.41) is 0. The van der Waals surface area contributed by atoms with Gasteiger partial charge in [-0.05, 0) is 31.2 Å². The molecule has 0 fully saturated rings. The van der Waals surface area contributed by atoms with Crippen LogP contribution in [-0.2, 0) is 16.1 Å². The third kappa shape index (κ3) is 5.25. The highest BCUT2D eigenvalue weighted by atomic mass is 32.2. The first-order valence-corrected chi connectivity index (χ1v) is 11.0. The number of thiazole rings is 1. The van der Waals surface area contributed by atoms with E-state index in [1.165, 1.54) is 11.3 Å². The monoisotopic (exact) mass is 416 g/mol. The maximum Gasteiger partial charge on any atom is 0.249 e. The van der Waals surface area contributed by atoms with E-state index >= 15 is 0 Å². The van der Waals surface area contributed by atoms with Gasteiger partial charge in [0.2, 0.25) is 5.91 Å². The predicted octanol–water partition coefficient (Wildman–Crippen LogP) is 4.36. The molecule has 0 unspecified atom stereocenters. The number of hydrogen-bond acceptors (Lipinski definition) is 5. The van der Waals surface area contributed by atoms with E-state index in [1.54, 1.807) is 18.9 Å². The van der Waals surface area contributed by atoms with Crippen molar-refractivity contribution in [1.82, 2.24) is 4.57 Å². The maximum absolute atomic E-state index is 12.5. The van der Waals surface area contributed by atoms with Gasteiger partial charge in [0.15, 0.2) is 4.80 Å². The van der Waals surface area contributed by atoms with Crippen LogP contribution in [0.4, 0.5) is 0 Å². The van der Waals surface area contributed by atoms with E-state index in [1.807, 2.05) is 60.0 Å². The quantitative estimate of drug-likeness (QED) is 0.487. The summed E-state index contributed by atoms with van der Waals surface area (Å²) in [5.41, 5.74) is 0.969. The van der Waals surface area contributed by atoms with Crippen molar-refractivity contribution in [3.8, 4) is 5.75 Å². The van der Waals surface area contributed by atoms with Crippen LogP contribution in [0.1, 0.15) is 13.3 Å². The van der Waals surface area contributed by atoms with Gasteiger partial charge in [-0.2, -0.15) is 4.99 Å². The standard InChI is InChI=1S/C21H24N2O3S2/c1-3-26-17-10-7-11-18-20(17)23(13-14-25-2)21(28-18)22-19(24)12-15-27-16-8-5-4-6-9-16/h4-11H,3,12-15H2,1-2H3. The number of ether oxygens (including phenoxy) is 2. The molecule has 0 atom stereocenters. The van der Waals surface area contributed by atoms with Gasteiger partial charge in [0.1, 0.15) is 11.3 Å². The summed E-state index contributed by atoms with van der Waals surface area (Å²) in [6.45, 7) is 3.70. The van der Waals surface area contributed by atoms with Gasteiger partial charge in [0.05, 0.1) is 17.9 Å². The number of para-hydroxylation sites is 1. The highest BCUT2D eigenvalue weighted by molar-refractivity contribution is 7.99. The Morgan fingerprint density at radius 2 is 2.00 bits per heavy atom. The van der Waals surface area contributed by atoms with Gasteiger partial charge in [-0.15, -0.1) is 11.8 Å². The van der Waals surface area contributed by atoms with E-state index in [2.05, 4.69) is 4.99 Å². The van der Waals surface area contributed by atoms with Crippen LogP contribution in [0.15, 0.2) is 58.4 Å². The Balaban J connectivity index is 1.83. The van der Waals surface area contributed by atoms with Crippen molar-refractivity contribution in [2.24, 2.45) is 4.99 Å². The first-order chi connectivity index (χ1) is 13.7. The van der Waals surface area contributed by atoms with Gasteiger partial charge in [-0.1, -0.05) is 35.6 Å².